The summed E-state index contributed by atoms with van der Waals surface area (Å²) in [5.41, 5.74) is 1.29. The van der Waals surface area contributed by atoms with Crippen molar-refractivity contribution in [2.45, 2.75) is 33.2 Å². The maximum atomic E-state index is 12.9. The van der Waals surface area contributed by atoms with Gasteiger partial charge >= 0.3 is 0 Å². The zero-order valence-electron chi connectivity index (χ0n) is 14.1. The molecule has 0 atom stereocenters. The van der Waals surface area contributed by atoms with Gasteiger partial charge in [0, 0.05) is 19.6 Å². The first kappa shape index (κ1) is 17.8. The average molecular weight is 330 g/mol. The predicted molar refractivity (Wildman–Crippen MR) is 92.2 cm³/mol. The van der Waals surface area contributed by atoms with Gasteiger partial charge in [-0.3, -0.25) is 4.79 Å². The third-order valence-electron chi connectivity index (χ3n) is 3.53. The molecule has 0 aliphatic heterocycles. The second kappa shape index (κ2) is 8.96. The van der Waals surface area contributed by atoms with E-state index < -0.39 is 0 Å². The summed E-state index contributed by atoms with van der Waals surface area (Å²) in [5.74, 6) is 0.231. The Bertz CT molecular complexity index is 637. The van der Waals surface area contributed by atoms with Gasteiger partial charge in [0.05, 0.1) is 12.4 Å². The molecule has 24 heavy (non-hydrogen) atoms. The van der Waals surface area contributed by atoms with Gasteiger partial charge in [0.2, 0.25) is 0 Å². The summed E-state index contributed by atoms with van der Waals surface area (Å²) in [6.07, 6.45) is 4.87. The van der Waals surface area contributed by atoms with Crippen LogP contribution >= 0.6 is 0 Å². The molecule has 0 saturated carbocycles. The molecule has 0 unspecified atom stereocenters. The van der Waals surface area contributed by atoms with Crippen LogP contribution in [0.2, 0.25) is 0 Å². The van der Waals surface area contributed by atoms with Crippen LogP contribution in [0.25, 0.3) is 0 Å². The minimum Gasteiger partial charge on any atom is -0.365 e. The number of nitrogens with zero attached hydrogens (tertiary/aromatic N) is 3. The number of halogens is 1. The van der Waals surface area contributed by atoms with E-state index in [0.717, 1.165) is 31.5 Å². The number of nitrogens with one attached hydrogen (secondary N) is 1. The minimum atomic E-state index is -0.259. The summed E-state index contributed by atoms with van der Waals surface area (Å²) in [6.45, 7) is 6.05. The van der Waals surface area contributed by atoms with Crippen molar-refractivity contribution in [3.63, 3.8) is 0 Å². The smallest absolute Gasteiger partial charge is 0.274 e. The van der Waals surface area contributed by atoms with Gasteiger partial charge < -0.3 is 10.2 Å². The van der Waals surface area contributed by atoms with Gasteiger partial charge in [0.15, 0.2) is 0 Å². The Morgan fingerprint density at radius 2 is 1.75 bits per heavy atom. The van der Waals surface area contributed by atoms with Crippen LogP contribution in [0.5, 0.6) is 0 Å². The molecular weight excluding hydrogens is 307 g/mol. The molecule has 1 N–H and O–H groups in total. The number of benzene rings is 1. The summed E-state index contributed by atoms with van der Waals surface area (Å²) >= 11 is 0. The Hall–Kier alpha value is -2.50. The molecule has 0 fully saturated rings. The number of carbonyl (C=O) groups is 1. The van der Waals surface area contributed by atoms with E-state index in [1.54, 1.807) is 23.2 Å². The molecule has 1 heterocycles. The molecule has 1 amide bonds. The van der Waals surface area contributed by atoms with Crippen LogP contribution in [0.4, 0.5) is 10.2 Å². The zero-order chi connectivity index (χ0) is 17.4. The van der Waals surface area contributed by atoms with E-state index in [2.05, 4.69) is 15.3 Å². The van der Waals surface area contributed by atoms with Crippen LogP contribution in [-0.4, -0.2) is 33.9 Å². The molecule has 0 spiro atoms. The van der Waals surface area contributed by atoms with Gasteiger partial charge in [0.25, 0.3) is 5.91 Å². The van der Waals surface area contributed by atoms with Crippen LogP contribution in [0, 0.1) is 5.82 Å². The molecule has 0 bridgehead atoms. The average Bonchev–Trinajstić information content (AvgIpc) is 2.61. The first-order valence-electron chi connectivity index (χ1n) is 8.23. The lowest BCUT2D eigenvalue weighted by Crippen LogP contribution is -2.33. The highest BCUT2D eigenvalue weighted by Gasteiger charge is 2.15. The van der Waals surface area contributed by atoms with Crippen molar-refractivity contribution in [1.82, 2.24) is 14.9 Å². The van der Waals surface area contributed by atoms with E-state index in [9.17, 15) is 9.18 Å². The van der Waals surface area contributed by atoms with E-state index in [0.29, 0.717) is 18.1 Å². The first-order chi connectivity index (χ1) is 11.6. The normalized spacial score (nSPS) is 10.5. The molecule has 5 nitrogen and oxygen atoms in total. The Morgan fingerprint density at radius 3 is 2.29 bits per heavy atom. The predicted octanol–water partition coefficient (Wildman–Crippen LogP) is 3.49. The number of anilines is 1. The van der Waals surface area contributed by atoms with Gasteiger partial charge in [-0.05, 0) is 30.5 Å². The Morgan fingerprint density at radius 1 is 1.08 bits per heavy atom. The molecule has 0 aliphatic rings. The standard InChI is InChI=1S/C18H23FN4O/c1-3-9-23(10-4-2)18(24)16-12-22-17(13-20-16)21-11-14-5-7-15(19)8-6-14/h5-8,12-13H,3-4,9-11H2,1-2H3,(H,21,22). The fourth-order valence-electron chi connectivity index (χ4n) is 2.34. The fraction of sp³-hybridized carbons (Fsp3) is 0.389. The van der Waals surface area contributed by atoms with Crippen LogP contribution < -0.4 is 5.32 Å². The van der Waals surface area contributed by atoms with Gasteiger partial charge in [-0.15, -0.1) is 0 Å². The number of aromatic nitrogens is 2. The lowest BCUT2D eigenvalue weighted by Gasteiger charge is -2.20. The van der Waals surface area contributed by atoms with E-state index in [1.165, 1.54) is 18.3 Å². The number of rotatable bonds is 8. The third-order valence-corrected chi connectivity index (χ3v) is 3.53. The monoisotopic (exact) mass is 330 g/mol. The first-order valence-corrected chi connectivity index (χ1v) is 8.23. The SMILES string of the molecule is CCCN(CCC)C(=O)c1cnc(NCc2ccc(F)cc2)cn1. The van der Waals surface area contributed by atoms with Crippen molar-refractivity contribution >= 4 is 11.7 Å². The van der Waals surface area contributed by atoms with Crippen molar-refractivity contribution in [3.05, 3.63) is 53.7 Å². The Labute approximate surface area is 141 Å². The molecule has 2 rings (SSSR count). The van der Waals surface area contributed by atoms with Crippen molar-refractivity contribution in [2.75, 3.05) is 18.4 Å². The second-order valence-electron chi connectivity index (χ2n) is 5.56. The summed E-state index contributed by atoms with van der Waals surface area (Å²) < 4.78 is 12.9. The molecule has 6 heteroatoms. The maximum absolute atomic E-state index is 12.9. The summed E-state index contributed by atoms with van der Waals surface area (Å²) in [6, 6.07) is 6.25. The number of hydrogen-bond acceptors (Lipinski definition) is 4. The van der Waals surface area contributed by atoms with Crippen LogP contribution in [0.15, 0.2) is 36.7 Å². The molecule has 0 radical (unpaired) electrons. The molecule has 0 saturated heterocycles. The third kappa shape index (κ3) is 5.01. The summed E-state index contributed by atoms with van der Waals surface area (Å²) in [5, 5.41) is 3.11. The van der Waals surface area contributed by atoms with Crippen LogP contribution in [0.3, 0.4) is 0 Å². The van der Waals surface area contributed by atoms with Crippen molar-refractivity contribution in [1.29, 1.82) is 0 Å². The topological polar surface area (TPSA) is 58.1 Å². The second-order valence-corrected chi connectivity index (χ2v) is 5.56. The highest BCUT2D eigenvalue weighted by Crippen LogP contribution is 2.09. The van der Waals surface area contributed by atoms with Gasteiger partial charge in [-0.25, -0.2) is 14.4 Å². The Balaban J connectivity index is 1.96. The molecular formula is C18H23FN4O. The van der Waals surface area contributed by atoms with E-state index in [-0.39, 0.29) is 11.7 Å². The van der Waals surface area contributed by atoms with Gasteiger partial charge in [-0.1, -0.05) is 26.0 Å². The highest BCUT2D eigenvalue weighted by atomic mass is 19.1. The van der Waals surface area contributed by atoms with E-state index in [1.807, 2.05) is 13.8 Å². The van der Waals surface area contributed by atoms with E-state index in [4.69, 9.17) is 0 Å². The van der Waals surface area contributed by atoms with Crippen LogP contribution in [0.1, 0.15) is 42.7 Å². The van der Waals surface area contributed by atoms with Crippen molar-refractivity contribution in [2.24, 2.45) is 0 Å². The summed E-state index contributed by atoms with van der Waals surface area (Å²) in [4.78, 5) is 22.7. The number of amides is 1. The number of hydrogen-bond donors (Lipinski definition) is 1. The quantitative estimate of drug-likeness (QED) is 0.805. The molecule has 2 aromatic rings. The Kier molecular flexibility index (Phi) is 6.66. The minimum absolute atomic E-state index is 0.0868. The number of carbonyl (C=O) groups excluding carboxylic acids is 1. The zero-order valence-corrected chi connectivity index (χ0v) is 14.1. The maximum Gasteiger partial charge on any atom is 0.274 e. The van der Waals surface area contributed by atoms with Crippen molar-refractivity contribution in [3.8, 4) is 0 Å². The largest absolute Gasteiger partial charge is 0.365 e. The van der Waals surface area contributed by atoms with Crippen LogP contribution in [-0.2, 0) is 6.54 Å². The lowest BCUT2D eigenvalue weighted by atomic mass is 10.2. The fourth-order valence-corrected chi connectivity index (χ4v) is 2.34. The molecule has 0 aliphatic carbocycles. The van der Waals surface area contributed by atoms with Gasteiger partial charge in [-0.2, -0.15) is 0 Å². The lowest BCUT2D eigenvalue weighted by molar-refractivity contribution is 0.0749. The molecule has 1 aromatic carbocycles. The van der Waals surface area contributed by atoms with Crippen molar-refractivity contribution < 1.29 is 9.18 Å². The summed E-state index contributed by atoms with van der Waals surface area (Å²) in [7, 11) is 0. The van der Waals surface area contributed by atoms with E-state index >= 15 is 0 Å². The molecule has 1 aromatic heterocycles. The molecule has 128 valence electrons. The highest BCUT2D eigenvalue weighted by molar-refractivity contribution is 5.92. The van der Waals surface area contributed by atoms with Gasteiger partial charge in [0.1, 0.15) is 17.3 Å².